The first kappa shape index (κ1) is 24.4. The van der Waals surface area contributed by atoms with E-state index in [0.29, 0.717) is 18.2 Å². The molecule has 0 saturated carbocycles. The summed E-state index contributed by atoms with van der Waals surface area (Å²) in [6, 6.07) is 8.74. The van der Waals surface area contributed by atoms with E-state index in [-0.39, 0.29) is 5.91 Å². The lowest BCUT2D eigenvalue weighted by Crippen LogP contribution is -2.41. The number of fused-ring (bicyclic) bond motifs is 2. The van der Waals surface area contributed by atoms with Gasteiger partial charge in [-0.15, -0.1) is 0 Å². The number of nitrogens with one attached hydrogen (secondary N) is 1. The molecule has 6 rings (SSSR count). The number of amides is 1. The van der Waals surface area contributed by atoms with Crippen molar-refractivity contribution in [3.05, 3.63) is 40.6 Å². The van der Waals surface area contributed by atoms with Crippen LogP contribution in [0.3, 0.4) is 0 Å². The van der Waals surface area contributed by atoms with Gasteiger partial charge in [0.05, 0.1) is 24.2 Å². The van der Waals surface area contributed by atoms with Crippen molar-refractivity contribution in [3.63, 3.8) is 0 Å². The minimum atomic E-state index is 0.133. The Hall–Kier alpha value is -2.89. The van der Waals surface area contributed by atoms with Crippen molar-refractivity contribution in [2.75, 3.05) is 50.7 Å². The number of nitriles is 1. The standard InChI is InChI=1S/C29H39N7O/c1-21(37)34-16-10-28-26(20-34)29(35-13-2-3-24-17-23(18-30)4-5-27(24)35)32-36(28)25-8-14-33(15-9-25)19-22-6-11-31-12-7-22/h4-5,17,22,25,31H,2-3,6-16,19-20H2,1H3. The van der Waals surface area contributed by atoms with Crippen LogP contribution in [0.2, 0.25) is 0 Å². The number of aryl methyl sites for hydroxylation is 1. The number of benzene rings is 1. The molecule has 196 valence electrons. The molecule has 0 radical (unpaired) electrons. The minimum Gasteiger partial charge on any atom is -0.338 e. The van der Waals surface area contributed by atoms with E-state index >= 15 is 0 Å². The van der Waals surface area contributed by atoms with Crippen LogP contribution < -0.4 is 10.2 Å². The third kappa shape index (κ3) is 4.87. The number of hydrogen-bond acceptors (Lipinski definition) is 6. The van der Waals surface area contributed by atoms with E-state index in [1.54, 1.807) is 6.92 Å². The van der Waals surface area contributed by atoms with Crippen LogP contribution in [0.25, 0.3) is 0 Å². The summed E-state index contributed by atoms with van der Waals surface area (Å²) in [7, 11) is 0. The summed E-state index contributed by atoms with van der Waals surface area (Å²) in [5.41, 5.74) is 5.64. The highest BCUT2D eigenvalue weighted by Crippen LogP contribution is 2.40. The Kier molecular flexibility index (Phi) is 6.92. The van der Waals surface area contributed by atoms with Gasteiger partial charge in [-0.3, -0.25) is 9.48 Å². The number of piperidine rings is 2. The second kappa shape index (κ2) is 10.5. The van der Waals surface area contributed by atoms with Crippen molar-refractivity contribution >= 4 is 17.4 Å². The smallest absolute Gasteiger partial charge is 0.219 e. The summed E-state index contributed by atoms with van der Waals surface area (Å²) in [6.07, 6.45) is 7.76. The Labute approximate surface area is 220 Å². The van der Waals surface area contributed by atoms with Gasteiger partial charge >= 0.3 is 0 Å². The average Bonchev–Trinajstić information content (AvgIpc) is 3.32. The largest absolute Gasteiger partial charge is 0.338 e. The maximum Gasteiger partial charge on any atom is 0.219 e. The summed E-state index contributed by atoms with van der Waals surface area (Å²) < 4.78 is 2.35. The number of anilines is 2. The fourth-order valence-corrected chi connectivity index (χ4v) is 6.88. The van der Waals surface area contributed by atoms with Crippen molar-refractivity contribution in [2.24, 2.45) is 5.92 Å². The van der Waals surface area contributed by atoms with Crippen LogP contribution in [0, 0.1) is 17.2 Å². The molecule has 2 fully saturated rings. The van der Waals surface area contributed by atoms with Crippen molar-refractivity contribution < 1.29 is 4.79 Å². The van der Waals surface area contributed by atoms with E-state index in [4.69, 9.17) is 5.10 Å². The molecular formula is C29H39N7O. The normalized spacial score (nSPS) is 21.4. The number of hydrogen-bond donors (Lipinski definition) is 1. The third-order valence-corrected chi connectivity index (χ3v) is 8.97. The molecule has 1 amide bonds. The Balaban J connectivity index is 1.27. The third-order valence-electron chi connectivity index (χ3n) is 8.97. The van der Waals surface area contributed by atoms with E-state index in [2.05, 4.69) is 31.9 Å². The van der Waals surface area contributed by atoms with E-state index in [1.165, 1.54) is 36.2 Å². The van der Waals surface area contributed by atoms with Gasteiger partial charge in [-0.1, -0.05) is 0 Å². The van der Waals surface area contributed by atoms with E-state index in [0.717, 1.165) is 88.8 Å². The molecule has 37 heavy (non-hydrogen) atoms. The van der Waals surface area contributed by atoms with Crippen LogP contribution in [-0.2, 0) is 24.2 Å². The molecule has 1 N–H and O–H groups in total. The van der Waals surface area contributed by atoms with Gasteiger partial charge in [0.2, 0.25) is 5.91 Å². The molecule has 0 spiro atoms. The maximum absolute atomic E-state index is 12.3. The van der Waals surface area contributed by atoms with Gasteiger partial charge < -0.3 is 20.0 Å². The number of rotatable bonds is 4. The molecule has 8 nitrogen and oxygen atoms in total. The van der Waals surface area contributed by atoms with Crippen molar-refractivity contribution in [2.45, 2.75) is 64.5 Å². The molecule has 1 aromatic carbocycles. The zero-order valence-corrected chi connectivity index (χ0v) is 22.1. The first-order valence-electron chi connectivity index (χ1n) is 14.2. The molecule has 4 aliphatic rings. The maximum atomic E-state index is 12.3. The number of likely N-dealkylation sites (tertiary alicyclic amines) is 1. The first-order valence-corrected chi connectivity index (χ1v) is 14.2. The molecule has 0 aliphatic carbocycles. The summed E-state index contributed by atoms with van der Waals surface area (Å²) in [6.45, 7) is 9.84. The van der Waals surface area contributed by atoms with Crippen LogP contribution in [0.4, 0.5) is 11.5 Å². The van der Waals surface area contributed by atoms with Crippen molar-refractivity contribution in [1.29, 1.82) is 5.26 Å². The van der Waals surface area contributed by atoms with E-state index in [1.807, 2.05) is 17.0 Å². The Morgan fingerprint density at radius 3 is 2.68 bits per heavy atom. The molecule has 0 unspecified atom stereocenters. The SMILES string of the molecule is CC(=O)N1CCc2c(c(N3CCCc4cc(C#N)ccc43)nn2C2CCN(CC3CCNCC3)CC2)C1. The lowest BCUT2D eigenvalue weighted by Gasteiger charge is -2.36. The fraction of sp³-hybridized carbons (Fsp3) is 0.621. The highest BCUT2D eigenvalue weighted by molar-refractivity contribution is 5.75. The Bertz CT molecular complexity index is 1180. The summed E-state index contributed by atoms with van der Waals surface area (Å²) in [5, 5.41) is 18.2. The van der Waals surface area contributed by atoms with Gasteiger partial charge in [-0.05, 0) is 81.3 Å². The Morgan fingerprint density at radius 1 is 1.11 bits per heavy atom. The number of carbonyl (C=O) groups excluding carboxylic acids is 1. The molecule has 0 bridgehead atoms. The van der Waals surface area contributed by atoms with Crippen LogP contribution in [0.5, 0.6) is 0 Å². The van der Waals surface area contributed by atoms with Gasteiger partial charge in [0.15, 0.2) is 5.82 Å². The lowest BCUT2D eigenvalue weighted by molar-refractivity contribution is -0.129. The highest BCUT2D eigenvalue weighted by atomic mass is 16.2. The van der Waals surface area contributed by atoms with Gasteiger partial charge in [0, 0.05) is 63.0 Å². The number of nitrogens with zero attached hydrogens (tertiary/aromatic N) is 6. The van der Waals surface area contributed by atoms with E-state index in [9.17, 15) is 10.1 Å². The molecule has 4 aliphatic heterocycles. The predicted octanol–water partition coefficient (Wildman–Crippen LogP) is 3.38. The second-order valence-electron chi connectivity index (χ2n) is 11.3. The van der Waals surface area contributed by atoms with Crippen LogP contribution in [0.15, 0.2) is 18.2 Å². The number of carbonyl (C=O) groups is 1. The van der Waals surface area contributed by atoms with Crippen LogP contribution >= 0.6 is 0 Å². The molecule has 0 atom stereocenters. The fourth-order valence-electron chi connectivity index (χ4n) is 6.88. The van der Waals surface area contributed by atoms with E-state index < -0.39 is 0 Å². The molecule has 2 aromatic rings. The summed E-state index contributed by atoms with van der Waals surface area (Å²) in [4.78, 5) is 19.3. The zero-order chi connectivity index (χ0) is 25.4. The average molecular weight is 502 g/mol. The second-order valence-corrected chi connectivity index (χ2v) is 11.3. The van der Waals surface area contributed by atoms with Crippen molar-refractivity contribution in [1.82, 2.24) is 24.9 Å². The number of aromatic nitrogens is 2. The topological polar surface area (TPSA) is 80.4 Å². The minimum absolute atomic E-state index is 0.133. The molecule has 1 aromatic heterocycles. The quantitative estimate of drug-likeness (QED) is 0.692. The highest BCUT2D eigenvalue weighted by Gasteiger charge is 2.34. The molecule has 5 heterocycles. The van der Waals surface area contributed by atoms with Gasteiger partial charge in [0.1, 0.15) is 0 Å². The van der Waals surface area contributed by atoms with Crippen molar-refractivity contribution in [3.8, 4) is 6.07 Å². The van der Waals surface area contributed by atoms with Crippen LogP contribution in [-0.4, -0.2) is 71.3 Å². The lowest BCUT2D eigenvalue weighted by atomic mass is 9.95. The molecular weight excluding hydrogens is 462 g/mol. The Morgan fingerprint density at radius 2 is 1.92 bits per heavy atom. The monoisotopic (exact) mass is 501 g/mol. The summed E-state index contributed by atoms with van der Waals surface area (Å²) >= 11 is 0. The zero-order valence-electron chi connectivity index (χ0n) is 22.1. The molecule has 2 saturated heterocycles. The van der Waals surface area contributed by atoms with Gasteiger partial charge in [-0.2, -0.15) is 10.4 Å². The predicted molar refractivity (Wildman–Crippen MR) is 144 cm³/mol. The van der Waals surface area contributed by atoms with Gasteiger partial charge in [0.25, 0.3) is 0 Å². The van der Waals surface area contributed by atoms with Crippen LogP contribution in [0.1, 0.15) is 67.5 Å². The molecule has 8 heteroatoms. The first-order chi connectivity index (χ1) is 18.1. The van der Waals surface area contributed by atoms with Gasteiger partial charge in [-0.25, -0.2) is 0 Å². The summed E-state index contributed by atoms with van der Waals surface area (Å²) in [5.74, 6) is 1.98.